The van der Waals surface area contributed by atoms with Gasteiger partial charge in [0.2, 0.25) is 0 Å². The molecule has 1 aromatic heterocycles. The van der Waals surface area contributed by atoms with E-state index in [2.05, 4.69) is 9.40 Å². The fourth-order valence-electron chi connectivity index (χ4n) is 0.658. The van der Waals surface area contributed by atoms with Gasteiger partial charge in [0.05, 0.1) is 11.4 Å². The molecule has 62 valence electrons. The average molecular weight is 176 g/mol. The Hall–Kier alpha value is -1.04. The Morgan fingerprint density at radius 3 is 2.73 bits per heavy atom. The number of nitrogens with two attached hydrogens (primary N) is 1. The second-order valence-electron chi connectivity index (χ2n) is 2.25. The molecular weight excluding hydrogens is 168 g/mol. The lowest BCUT2D eigenvalue weighted by Gasteiger charge is -1.89. The third kappa shape index (κ3) is 2.58. The van der Waals surface area contributed by atoms with Gasteiger partial charge in [-0.15, -0.1) is 0 Å². The summed E-state index contributed by atoms with van der Waals surface area (Å²) in [5.74, 6) is -0.131. The third-order valence-electron chi connectivity index (χ3n) is 0.980. The van der Waals surface area contributed by atoms with E-state index in [0.29, 0.717) is 5.69 Å². The molecule has 0 saturated heterocycles. The normalized spacial score (nSPS) is 11.7. The monoisotopic (exact) mass is 176 g/mol. The van der Waals surface area contributed by atoms with Gasteiger partial charge in [0.15, 0.2) is 9.84 Å². The predicted octanol–water partition coefficient (Wildman–Crippen LogP) is -0.199. The highest BCUT2D eigenvalue weighted by Crippen LogP contribution is 2.05. The topological polar surface area (TPSA) is 86.2 Å². The summed E-state index contributed by atoms with van der Waals surface area (Å²) in [6.45, 7) is 0. The number of oxazole rings is 1. The van der Waals surface area contributed by atoms with Gasteiger partial charge in [0, 0.05) is 6.26 Å². The van der Waals surface area contributed by atoms with Crippen molar-refractivity contribution in [3.63, 3.8) is 0 Å². The molecule has 0 fully saturated rings. The van der Waals surface area contributed by atoms with Crippen molar-refractivity contribution in [2.24, 2.45) is 0 Å². The van der Waals surface area contributed by atoms with Gasteiger partial charge < -0.3 is 10.2 Å². The molecule has 0 aliphatic heterocycles. The van der Waals surface area contributed by atoms with Gasteiger partial charge in [-0.1, -0.05) is 0 Å². The second-order valence-corrected chi connectivity index (χ2v) is 4.39. The molecule has 11 heavy (non-hydrogen) atoms. The summed E-state index contributed by atoms with van der Waals surface area (Å²) < 4.78 is 26.0. The number of nitrogens with zero attached hydrogens (tertiary/aromatic N) is 1. The van der Waals surface area contributed by atoms with E-state index in [1.165, 1.54) is 6.26 Å². The maximum atomic E-state index is 10.7. The van der Waals surface area contributed by atoms with Crippen LogP contribution in [0.3, 0.4) is 0 Å². The Morgan fingerprint density at radius 1 is 1.73 bits per heavy atom. The first-order chi connectivity index (χ1) is 4.97. The number of sulfone groups is 1. The summed E-state index contributed by atoms with van der Waals surface area (Å²) >= 11 is 0. The van der Waals surface area contributed by atoms with E-state index in [-0.39, 0.29) is 11.8 Å². The van der Waals surface area contributed by atoms with Gasteiger partial charge in [-0.3, -0.25) is 0 Å². The van der Waals surface area contributed by atoms with Gasteiger partial charge in [-0.2, -0.15) is 4.98 Å². The van der Waals surface area contributed by atoms with Crippen molar-refractivity contribution in [2.45, 2.75) is 5.75 Å². The zero-order valence-corrected chi connectivity index (χ0v) is 6.76. The van der Waals surface area contributed by atoms with Crippen LogP contribution in [0.25, 0.3) is 0 Å². The van der Waals surface area contributed by atoms with E-state index in [4.69, 9.17) is 5.73 Å². The van der Waals surface area contributed by atoms with E-state index >= 15 is 0 Å². The number of hydrogen-bond donors (Lipinski definition) is 1. The van der Waals surface area contributed by atoms with E-state index in [9.17, 15) is 8.42 Å². The van der Waals surface area contributed by atoms with Crippen LogP contribution in [0.2, 0.25) is 0 Å². The molecule has 0 unspecified atom stereocenters. The Kier molecular flexibility index (Phi) is 1.86. The molecule has 0 saturated carbocycles. The van der Waals surface area contributed by atoms with E-state index in [1.54, 1.807) is 0 Å². The smallest absolute Gasteiger partial charge is 0.292 e. The van der Waals surface area contributed by atoms with Crippen LogP contribution >= 0.6 is 0 Å². The maximum Gasteiger partial charge on any atom is 0.292 e. The van der Waals surface area contributed by atoms with Crippen LogP contribution in [-0.2, 0) is 15.6 Å². The lowest BCUT2D eigenvalue weighted by atomic mass is 10.6. The first kappa shape index (κ1) is 8.06. The quantitative estimate of drug-likeness (QED) is 0.674. The molecule has 0 amide bonds. The zero-order valence-electron chi connectivity index (χ0n) is 5.94. The van der Waals surface area contributed by atoms with Crippen LogP contribution in [0, 0.1) is 0 Å². The maximum absolute atomic E-state index is 10.7. The molecular formula is C5H8N2O3S. The highest BCUT2D eigenvalue weighted by Gasteiger charge is 2.07. The molecule has 0 atom stereocenters. The minimum Gasteiger partial charge on any atom is -0.432 e. The lowest BCUT2D eigenvalue weighted by molar-refractivity contribution is 0.577. The van der Waals surface area contributed by atoms with Crippen LogP contribution in [-0.4, -0.2) is 19.7 Å². The van der Waals surface area contributed by atoms with Crippen LogP contribution < -0.4 is 5.73 Å². The minimum absolute atomic E-state index is 0.0105. The van der Waals surface area contributed by atoms with Crippen LogP contribution in [0.1, 0.15) is 5.69 Å². The number of aromatic nitrogens is 1. The Labute approximate surface area is 64.1 Å². The molecule has 2 N–H and O–H groups in total. The molecule has 0 aliphatic carbocycles. The first-order valence-corrected chi connectivity index (χ1v) is 4.91. The van der Waals surface area contributed by atoms with E-state index in [1.807, 2.05) is 0 Å². The van der Waals surface area contributed by atoms with Crippen molar-refractivity contribution < 1.29 is 12.8 Å². The molecule has 5 nitrogen and oxygen atoms in total. The van der Waals surface area contributed by atoms with Gasteiger partial charge in [-0.25, -0.2) is 8.42 Å². The van der Waals surface area contributed by atoms with Crippen molar-refractivity contribution in [1.29, 1.82) is 0 Å². The zero-order chi connectivity index (χ0) is 8.48. The summed E-state index contributed by atoms with van der Waals surface area (Å²) in [7, 11) is -3.04. The molecule has 0 radical (unpaired) electrons. The Balaban J connectivity index is 2.81. The largest absolute Gasteiger partial charge is 0.432 e. The van der Waals surface area contributed by atoms with Crippen LogP contribution in [0.5, 0.6) is 0 Å². The molecule has 0 spiro atoms. The Morgan fingerprint density at radius 2 is 2.36 bits per heavy atom. The van der Waals surface area contributed by atoms with Crippen molar-refractivity contribution in [2.75, 3.05) is 12.0 Å². The van der Waals surface area contributed by atoms with Crippen LogP contribution in [0.4, 0.5) is 6.01 Å². The SMILES string of the molecule is CS(=O)(=O)Cc1coc(N)n1. The Bertz CT molecular complexity index is 340. The standard InChI is InChI=1S/C5H8N2O3S/c1-11(8,9)3-4-2-10-5(6)7-4/h2H,3H2,1H3,(H2,6,7). The van der Waals surface area contributed by atoms with Gasteiger partial charge in [-0.05, 0) is 0 Å². The van der Waals surface area contributed by atoms with Gasteiger partial charge >= 0.3 is 0 Å². The van der Waals surface area contributed by atoms with Crippen molar-refractivity contribution in [3.05, 3.63) is 12.0 Å². The highest BCUT2D eigenvalue weighted by atomic mass is 32.2. The first-order valence-electron chi connectivity index (χ1n) is 2.85. The number of anilines is 1. The number of nitrogen functional groups attached to an aromatic ring is 1. The summed E-state index contributed by atoms with van der Waals surface area (Å²) in [6, 6.07) is -0.0105. The van der Waals surface area contributed by atoms with Crippen LogP contribution in [0.15, 0.2) is 10.7 Å². The molecule has 1 rings (SSSR count). The molecule has 1 heterocycles. The molecule has 1 aromatic rings. The predicted molar refractivity (Wildman–Crippen MR) is 39.5 cm³/mol. The van der Waals surface area contributed by atoms with E-state index < -0.39 is 9.84 Å². The lowest BCUT2D eigenvalue weighted by Crippen LogP contribution is -2.00. The molecule has 0 aliphatic rings. The summed E-state index contributed by atoms with van der Waals surface area (Å²) in [5, 5.41) is 0. The number of rotatable bonds is 2. The minimum atomic E-state index is -3.04. The average Bonchev–Trinajstić information content (AvgIpc) is 2.10. The van der Waals surface area contributed by atoms with E-state index in [0.717, 1.165) is 6.26 Å². The fourth-order valence-corrected chi connectivity index (χ4v) is 1.33. The summed E-state index contributed by atoms with van der Waals surface area (Å²) in [4.78, 5) is 3.63. The second kappa shape index (κ2) is 2.54. The fraction of sp³-hybridized carbons (Fsp3) is 0.400. The van der Waals surface area contributed by atoms with Crippen molar-refractivity contribution in [3.8, 4) is 0 Å². The summed E-state index contributed by atoms with van der Waals surface area (Å²) in [5.41, 5.74) is 5.46. The van der Waals surface area contributed by atoms with Crippen molar-refractivity contribution in [1.82, 2.24) is 4.98 Å². The van der Waals surface area contributed by atoms with Crippen molar-refractivity contribution >= 4 is 15.9 Å². The van der Waals surface area contributed by atoms with Gasteiger partial charge in [0.25, 0.3) is 6.01 Å². The molecule has 0 aromatic carbocycles. The molecule has 0 bridgehead atoms. The third-order valence-corrected chi connectivity index (χ3v) is 1.80. The molecule has 6 heteroatoms. The highest BCUT2D eigenvalue weighted by molar-refractivity contribution is 7.89. The number of hydrogen-bond acceptors (Lipinski definition) is 5. The summed E-state index contributed by atoms with van der Waals surface area (Å²) in [6.07, 6.45) is 2.36. The van der Waals surface area contributed by atoms with Gasteiger partial charge in [0.1, 0.15) is 6.26 Å².